The minimum Gasteiger partial charge on any atom is -0.396 e. The lowest BCUT2D eigenvalue weighted by Crippen LogP contribution is -2.50. The summed E-state index contributed by atoms with van der Waals surface area (Å²) in [6, 6.07) is 0.665. The van der Waals surface area contributed by atoms with E-state index in [-0.39, 0.29) is 24.9 Å². The molecule has 0 spiro atoms. The number of hydrogen-bond donors (Lipinski definition) is 1. The second kappa shape index (κ2) is 8.21. The molecule has 0 aromatic heterocycles. The fourth-order valence-corrected chi connectivity index (χ4v) is 4.90. The summed E-state index contributed by atoms with van der Waals surface area (Å²) in [6.07, 6.45) is 0.854. The van der Waals surface area contributed by atoms with E-state index in [2.05, 4.69) is 0 Å². The van der Waals surface area contributed by atoms with Crippen LogP contribution < -0.4 is 0 Å². The van der Waals surface area contributed by atoms with Crippen molar-refractivity contribution in [3.63, 3.8) is 0 Å². The zero-order valence-electron chi connectivity index (χ0n) is 12.0. The number of aliphatic hydroxyl groups excluding tert-OH is 1. The van der Waals surface area contributed by atoms with Crippen LogP contribution in [0.15, 0.2) is 0 Å². The highest BCUT2D eigenvalue weighted by molar-refractivity contribution is 6.60. The van der Waals surface area contributed by atoms with Crippen LogP contribution in [0, 0.1) is 0 Å². The first kappa shape index (κ1) is 17.1. The minimum absolute atomic E-state index is 0.0675. The van der Waals surface area contributed by atoms with Gasteiger partial charge >= 0.3 is 8.80 Å². The summed E-state index contributed by atoms with van der Waals surface area (Å²) in [6.45, 7) is 12.0. The lowest BCUT2D eigenvalue weighted by Gasteiger charge is -2.34. The first-order chi connectivity index (χ1) is 7.81. The maximum absolute atomic E-state index is 8.99. The third kappa shape index (κ3) is 7.89. The molecule has 0 bridgehead atoms. The first-order valence-electron chi connectivity index (χ1n) is 6.45. The van der Waals surface area contributed by atoms with Gasteiger partial charge in [0.15, 0.2) is 0 Å². The summed E-state index contributed by atoms with van der Waals surface area (Å²) >= 11 is 0. The van der Waals surface area contributed by atoms with E-state index >= 15 is 0 Å². The zero-order valence-corrected chi connectivity index (χ0v) is 13.0. The standard InChI is InChI=1S/C12H28O4Si/c1-10(2)14-17(9-7-8-13,15-11(3)4)16-12(5)6/h10-13H,7-9H2,1-6H3. The molecule has 4 nitrogen and oxygen atoms in total. The number of hydrogen-bond acceptors (Lipinski definition) is 4. The minimum atomic E-state index is -2.67. The normalized spacial score (nSPS) is 13.1. The predicted octanol–water partition coefficient (Wildman–Crippen LogP) is 2.58. The molecule has 0 fully saturated rings. The molecule has 0 aliphatic heterocycles. The van der Waals surface area contributed by atoms with Crippen LogP contribution in [0.25, 0.3) is 0 Å². The van der Waals surface area contributed by atoms with Crippen molar-refractivity contribution in [2.75, 3.05) is 6.61 Å². The van der Waals surface area contributed by atoms with E-state index in [1.165, 1.54) is 0 Å². The Labute approximate surface area is 107 Å². The SMILES string of the molecule is CC(C)O[Si](CCCO)(OC(C)C)OC(C)C. The molecule has 104 valence electrons. The molecule has 0 unspecified atom stereocenters. The van der Waals surface area contributed by atoms with Crippen molar-refractivity contribution in [1.29, 1.82) is 0 Å². The fourth-order valence-electron chi connectivity index (χ4n) is 1.63. The van der Waals surface area contributed by atoms with E-state index in [1.807, 2.05) is 41.5 Å². The second-order valence-corrected chi connectivity index (χ2v) is 7.58. The smallest absolute Gasteiger partial charge is 0.396 e. The van der Waals surface area contributed by atoms with Crippen LogP contribution in [0.4, 0.5) is 0 Å². The summed E-state index contributed by atoms with van der Waals surface area (Å²) in [5, 5.41) is 8.99. The monoisotopic (exact) mass is 264 g/mol. The molecule has 17 heavy (non-hydrogen) atoms. The van der Waals surface area contributed by atoms with E-state index < -0.39 is 8.80 Å². The topological polar surface area (TPSA) is 47.9 Å². The van der Waals surface area contributed by atoms with Gasteiger partial charge in [-0.25, -0.2) is 0 Å². The molecule has 0 rings (SSSR count). The van der Waals surface area contributed by atoms with Gasteiger partial charge in [-0.2, -0.15) is 0 Å². The van der Waals surface area contributed by atoms with E-state index in [1.54, 1.807) is 0 Å². The predicted molar refractivity (Wildman–Crippen MR) is 70.9 cm³/mol. The largest absolute Gasteiger partial charge is 0.501 e. The maximum Gasteiger partial charge on any atom is 0.501 e. The van der Waals surface area contributed by atoms with Gasteiger partial charge in [0.1, 0.15) is 0 Å². The summed E-state index contributed by atoms with van der Waals surface area (Å²) in [7, 11) is -2.67. The molecule has 0 aromatic carbocycles. The molecular weight excluding hydrogens is 236 g/mol. The Bertz CT molecular complexity index is 168. The third-order valence-corrected chi connectivity index (χ3v) is 5.34. The van der Waals surface area contributed by atoms with E-state index in [0.29, 0.717) is 12.5 Å². The van der Waals surface area contributed by atoms with Gasteiger partial charge in [0.2, 0.25) is 0 Å². The van der Waals surface area contributed by atoms with Crippen molar-refractivity contribution in [3.05, 3.63) is 0 Å². The Morgan fingerprint density at radius 1 is 0.824 bits per heavy atom. The van der Waals surface area contributed by atoms with Crippen LogP contribution in [-0.4, -0.2) is 38.8 Å². The Kier molecular flexibility index (Phi) is 8.24. The van der Waals surface area contributed by atoms with Gasteiger partial charge < -0.3 is 18.4 Å². The van der Waals surface area contributed by atoms with Crippen LogP contribution in [0.5, 0.6) is 0 Å². The number of rotatable bonds is 9. The van der Waals surface area contributed by atoms with Crippen molar-refractivity contribution >= 4 is 8.80 Å². The van der Waals surface area contributed by atoms with Crippen molar-refractivity contribution < 1.29 is 18.4 Å². The van der Waals surface area contributed by atoms with Gasteiger partial charge in [-0.05, 0) is 48.0 Å². The van der Waals surface area contributed by atoms with Crippen LogP contribution in [-0.2, 0) is 13.3 Å². The molecule has 0 aromatic rings. The Morgan fingerprint density at radius 3 is 1.41 bits per heavy atom. The van der Waals surface area contributed by atoms with Crippen LogP contribution in [0.2, 0.25) is 6.04 Å². The molecule has 0 heterocycles. The maximum atomic E-state index is 8.99. The Morgan fingerprint density at radius 2 is 1.18 bits per heavy atom. The van der Waals surface area contributed by atoms with Crippen molar-refractivity contribution in [1.82, 2.24) is 0 Å². The molecule has 0 saturated heterocycles. The van der Waals surface area contributed by atoms with E-state index in [9.17, 15) is 0 Å². The second-order valence-electron chi connectivity index (χ2n) is 5.01. The molecule has 1 N–H and O–H groups in total. The van der Waals surface area contributed by atoms with Crippen LogP contribution >= 0.6 is 0 Å². The van der Waals surface area contributed by atoms with Gasteiger partial charge in [0, 0.05) is 31.0 Å². The zero-order chi connectivity index (χ0) is 13.5. The lowest BCUT2D eigenvalue weighted by molar-refractivity contribution is 0.00208. The molecule has 0 atom stereocenters. The molecule has 0 aliphatic carbocycles. The summed E-state index contributed by atoms with van der Waals surface area (Å²) in [4.78, 5) is 0. The van der Waals surface area contributed by atoms with Crippen LogP contribution in [0.1, 0.15) is 48.0 Å². The summed E-state index contributed by atoms with van der Waals surface area (Å²) < 4.78 is 17.8. The molecule has 5 heteroatoms. The van der Waals surface area contributed by atoms with Gasteiger partial charge in [-0.1, -0.05) is 0 Å². The highest BCUT2D eigenvalue weighted by Crippen LogP contribution is 2.23. The van der Waals surface area contributed by atoms with Crippen molar-refractivity contribution in [3.8, 4) is 0 Å². The van der Waals surface area contributed by atoms with E-state index in [4.69, 9.17) is 18.4 Å². The average molecular weight is 264 g/mol. The summed E-state index contributed by atoms with van der Waals surface area (Å²) in [5.74, 6) is 0. The van der Waals surface area contributed by atoms with Crippen LogP contribution in [0.3, 0.4) is 0 Å². The highest BCUT2D eigenvalue weighted by atomic mass is 28.4. The molecule has 0 radical (unpaired) electrons. The lowest BCUT2D eigenvalue weighted by atomic mass is 10.5. The average Bonchev–Trinajstić information content (AvgIpc) is 2.11. The van der Waals surface area contributed by atoms with Gasteiger partial charge in [-0.15, -0.1) is 0 Å². The molecule has 0 aliphatic rings. The summed E-state index contributed by atoms with van der Waals surface area (Å²) in [5.41, 5.74) is 0. The van der Waals surface area contributed by atoms with Gasteiger partial charge in [-0.3, -0.25) is 0 Å². The quantitative estimate of drug-likeness (QED) is 0.650. The fraction of sp³-hybridized carbons (Fsp3) is 1.00. The first-order valence-corrected chi connectivity index (χ1v) is 8.39. The van der Waals surface area contributed by atoms with Crippen molar-refractivity contribution in [2.45, 2.75) is 72.3 Å². The molecule has 0 amide bonds. The Balaban J connectivity index is 4.76. The van der Waals surface area contributed by atoms with Gasteiger partial charge in [0.05, 0.1) is 0 Å². The molecular formula is C12H28O4Si. The van der Waals surface area contributed by atoms with E-state index in [0.717, 1.165) is 0 Å². The molecule has 0 saturated carbocycles. The Hall–Kier alpha value is 0.0569. The third-order valence-electron chi connectivity index (χ3n) is 1.89. The van der Waals surface area contributed by atoms with Gasteiger partial charge in [0.25, 0.3) is 0 Å². The van der Waals surface area contributed by atoms with Crippen molar-refractivity contribution in [2.24, 2.45) is 0 Å². The number of aliphatic hydroxyl groups is 1. The highest BCUT2D eigenvalue weighted by Gasteiger charge is 2.43.